The molecule has 0 N–H and O–H groups in total. The van der Waals surface area contributed by atoms with Crippen LogP contribution < -0.4 is 0 Å². The Hall–Kier alpha value is -1.31. The molecule has 0 saturated heterocycles. The van der Waals surface area contributed by atoms with Crippen LogP contribution in [-0.2, 0) is 4.74 Å². The van der Waals surface area contributed by atoms with Gasteiger partial charge >= 0.3 is 0 Å². The monoisotopic (exact) mass is 152 g/mol. The van der Waals surface area contributed by atoms with Crippen LogP contribution in [0.2, 0.25) is 0 Å². The van der Waals surface area contributed by atoms with Gasteiger partial charge in [0.2, 0.25) is 5.70 Å². The summed E-state index contributed by atoms with van der Waals surface area (Å²) >= 11 is 0. The van der Waals surface area contributed by atoms with Gasteiger partial charge in [-0.2, -0.15) is 0 Å². The fraction of sp³-hybridized carbons (Fsp3) is 0.222. The largest absolute Gasteiger partial charge is 0.497 e. The Balaban J connectivity index is 4.39. The quantitative estimate of drug-likeness (QED) is 0.258. The molecule has 11 heavy (non-hydrogen) atoms. The van der Waals surface area contributed by atoms with E-state index in [1.54, 1.807) is 23.8 Å². The van der Waals surface area contributed by atoms with E-state index in [0.29, 0.717) is 5.76 Å². The lowest BCUT2D eigenvalue weighted by Gasteiger charge is -1.98. The summed E-state index contributed by atoms with van der Waals surface area (Å²) in [5.74, 6) is 0.686. The van der Waals surface area contributed by atoms with Crippen molar-refractivity contribution in [2.75, 3.05) is 14.2 Å². The number of hydrogen-bond acceptors (Lipinski definition) is 1. The summed E-state index contributed by atoms with van der Waals surface area (Å²) in [6.45, 7) is 11.0. The summed E-state index contributed by atoms with van der Waals surface area (Å²) in [6.07, 6.45) is 3.38. The lowest BCUT2D eigenvalue weighted by atomic mass is 10.3. The van der Waals surface area contributed by atoms with E-state index in [1.165, 1.54) is 0 Å². The van der Waals surface area contributed by atoms with Crippen molar-refractivity contribution in [2.24, 2.45) is 0 Å². The van der Waals surface area contributed by atoms with E-state index < -0.39 is 0 Å². The van der Waals surface area contributed by atoms with Crippen molar-refractivity contribution >= 4 is 6.72 Å². The molecule has 0 aromatic heterocycles. The van der Waals surface area contributed by atoms with Gasteiger partial charge in [-0.15, -0.1) is 0 Å². The summed E-state index contributed by atoms with van der Waals surface area (Å²) in [4.78, 5) is 0. The van der Waals surface area contributed by atoms with Crippen molar-refractivity contribution in [1.29, 1.82) is 0 Å². The molecule has 0 fully saturated rings. The van der Waals surface area contributed by atoms with Gasteiger partial charge in [-0.25, -0.2) is 4.58 Å². The third-order valence-electron chi connectivity index (χ3n) is 1.24. The van der Waals surface area contributed by atoms with Gasteiger partial charge < -0.3 is 4.74 Å². The van der Waals surface area contributed by atoms with Crippen LogP contribution in [0, 0.1) is 0 Å². The first-order valence-corrected chi connectivity index (χ1v) is 3.23. The van der Waals surface area contributed by atoms with Crippen molar-refractivity contribution in [3.8, 4) is 0 Å². The average molecular weight is 152 g/mol. The maximum atomic E-state index is 4.95. The molecule has 0 aromatic carbocycles. The van der Waals surface area contributed by atoms with E-state index in [0.717, 1.165) is 5.70 Å². The molecule has 0 unspecified atom stereocenters. The zero-order valence-corrected chi connectivity index (χ0v) is 7.13. The fourth-order valence-electron chi connectivity index (χ4n) is 0.476. The first-order chi connectivity index (χ1) is 5.11. The zero-order chi connectivity index (χ0) is 8.85. The van der Waals surface area contributed by atoms with Crippen LogP contribution in [0.25, 0.3) is 0 Å². The number of hydrogen-bond donors (Lipinski definition) is 0. The highest BCUT2D eigenvalue weighted by atomic mass is 16.5. The second-order valence-corrected chi connectivity index (χ2v) is 2.14. The highest BCUT2D eigenvalue weighted by Gasteiger charge is 1.98. The Morgan fingerprint density at radius 2 is 2.09 bits per heavy atom. The van der Waals surface area contributed by atoms with Gasteiger partial charge in [0, 0.05) is 0 Å². The summed E-state index contributed by atoms with van der Waals surface area (Å²) in [6, 6.07) is 0. The third-order valence-corrected chi connectivity index (χ3v) is 1.24. The number of rotatable bonds is 4. The van der Waals surface area contributed by atoms with Crippen molar-refractivity contribution in [3.63, 3.8) is 0 Å². The molecule has 0 radical (unpaired) electrons. The van der Waals surface area contributed by atoms with Gasteiger partial charge in [0.15, 0.2) is 0 Å². The predicted molar refractivity (Wildman–Crippen MR) is 47.7 cm³/mol. The van der Waals surface area contributed by atoms with E-state index in [1.807, 2.05) is 7.05 Å². The van der Waals surface area contributed by atoms with Crippen LogP contribution >= 0.6 is 0 Å². The first kappa shape index (κ1) is 9.69. The van der Waals surface area contributed by atoms with Gasteiger partial charge in [-0.1, -0.05) is 6.58 Å². The van der Waals surface area contributed by atoms with Gasteiger partial charge in [-0.05, 0) is 12.7 Å². The topological polar surface area (TPSA) is 12.2 Å². The summed E-state index contributed by atoms with van der Waals surface area (Å²) in [5, 5.41) is 0. The molecule has 0 aliphatic rings. The van der Waals surface area contributed by atoms with Crippen LogP contribution in [0.3, 0.4) is 0 Å². The minimum atomic E-state index is 0.686. The molecule has 0 aliphatic carbocycles. The molecule has 2 nitrogen and oxygen atoms in total. The average Bonchev–Trinajstić information content (AvgIpc) is 1.99. The second kappa shape index (κ2) is 4.50. The molecule has 0 aromatic rings. The Kier molecular flexibility index (Phi) is 3.96. The van der Waals surface area contributed by atoms with Crippen LogP contribution in [0.1, 0.15) is 0 Å². The summed E-state index contributed by atoms with van der Waals surface area (Å²) in [7, 11) is 3.40. The molecule has 0 bridgehead atoms. The maximum absolute atomic E-state index is 4.95. The molecule has 2 heteroatoms. The molecule has 0 amide bonds. The summed E-state index contributed by atoms with van der Waals surface area (Å²) < 4.78 is 6.60. The normalized spacial score (nSPS) is 10.5. The SMILES string of the molecule is C=CC(=CC(=C)[N+](=C)C)OC. The van der Waals surface area contributed by atoms with Crippen LogP contribution in [0.5, 0.6) is 0 Å². The number of methoxy groups -OCH3 is 1. The van der Waals surface area contributed by atoms with Gasteiger partial charge in [0.25, 0.3) is 0 Å². The predicted octanol–water partition coefficient (Wildman–Crippen LogP) is 1.56. The van der Waals surface area contributed by atoms with Crippen LogP contribution in [0.15, 0.2) is 36.8 Å². The standard InChI is InChI=1S/C9H14NO/c1-6-9(11-5)7-8(2)10(3)4/h6-7H,1-3H2,4-5H3/q+1. The van der Waals surface area contributed by atoms with Crippen molar-refractivity contribution in [1.82, 2.24) is 0 Å². The minimum absolute atomic E-state index is 0.686. The number of ether oxygens (including phenoxy) is 1. The van der Waals surface area contributed by atoms with Gasteiger partial charge in [0.05, 0.1) is 13.2 Å². The molecule has 0 aliphatic heterocycles. The van der Waals surface area contributed by atoms with E-state index in [-0.39, 0.29) is 0 Å². The number of likely N-dealkylation sites (N-methyl/N-ethyl adjacent to an activating group) is 1. The zero-order valence-electron chi connectivity index (χ0n) is 7.13. The molecular weight excluding hydrogens is 138 g/mol. The minimum Gasteiger partial charge on any atom is -0.497 e. The van der Waals surface area contributed by atoms with Crippen LogP contribution in [-0.4, -0.2) is 25.5 Å². The Bertz CT molecular complexity index is 214. The van der Waals surface area contributed by atoms with Crippen molar-refractivity contribution < 1.29 is 9.31 Å². The van der Waals surface area contributed by atoms with E-state index >= 15 is 0 Å². The third kappa shape index (κ3) is 3.40. The number of nitrogens with zero attached hydrogens (tertiary/aromatic N) is 1. The number of allylic oxidation sites excluding steroid dienone is 2. The van der Waals surface area contributed by atoms with Crippen molar-refractivity contribution in [2.45, 2.75) is 0 Å². The molecule has 0 rings (SSSR count). The van der Waals surface area contributed by atoms with E-state index in [4.69, 9.17) is 4.74 Å². The molecule has 0 spiro atoms. The fourth-order valence-corrected chi connectivity index (χ4v) is 0.476. The highest BCUT2D eigenvalue weighted by molar-refractivity contribution is 5.23. The molecule has 0 atom stereocenters. The Morgan fingerprint density at radius 3 is 2.36 bits per heavy atom. The maximum Gasteiger partial charge on any atom is 0.200 e. The first-order valence-electron chi connectivity index (χ1n) is 3.23. The Labute approximate surface area is 67.8 Å². The molecular formula is C9H14NO+. The molecule has 0 saturated carbocycles. The summed E-state index contributed by atoms with van der Waals surface area (Å²) in [5.41, 5.74) is 0.779. The van der Waals surface area contributed by atoms with Crippen molar-refractivity contribution in [3.05, 3.63) is 36.8 Å². The van der Waals surface area contributed by atoms with Gasteiger partial charge in [-0.3, -0.25) is 0 Å². The second-order valence-electron chi connectivity index (χ2n) is 2.14. The molecule has 0 heterocycles. The lowest BCUT2D eigenvalue weighted by Crippen LogP contribution is -1.98. The highest BCUT2D eigenvalue weighted by Crippen LogP contribution is 2.01. The van der Waals surface area contributed by atoms with E-state index in [9.17, 15) is 0 Å². The van der Waals surface area contributed by atoms with E-state index in [2.05, 4.69) is 19.9 Å². The van der Waals surface area contributed by atoms with Gasteiger partial charge in [0.1, 0.15) is 19.5 Å². The molecule has 60 valence electrons. The Morgan fingerprint density at radius 1 is 1.55 bits per heavy atom. The smallest absolute Gasteiger partial charge is 0.200 e. The van der Waals surface area contributed by atoms with Crippen LogP contribution in [0.4, 0.5) is 0 Å². The lowest BCUT2D eigenvalue weighted by molar-refractivity contribution is -0.427.